The van der Waals surface area contributed by atoms with Gasteiger partial charge in [-0.3, -0.25) is 9.79 Å². The maximum absolute atomic E-state index is 11.7. The Morgan fingerprint density at radius 1 is 1.35 bits per heavy atom. The van der Waals surface area contributed by atoms with Gasteiger partial charge in [0.1, 0.15) is 0 Å². The van der Waals surface area contributed by atoms with Crippen molar-refractivity contribution in [1.29, 1.82) is 0 Å². The molecule has 0 saturated carbocycles. The SMILES string of the molecule is CN=C(NCC(=O)NCCOC)NC(C)c1cccc(-n2cccn2)c1. The van der Waals surface area contributed by atoms with Gasteiger partial charge in [0.25, 0.3) is 0 Å². The minimum atomic E-state index is -0.113. The third-order valence-electron chi connectivity index (χ3n) is 3.76. The molecule has 0 aliphatic carbocycles. The Morgan fingerprint density at radius 3 is 2.88 bits per heavy atom. The normalized spacial score (nSPS) is 12.5. The standard InChI is InChI=1S/C18H26N6O2/c1-14(15-6-4-7-16(12-15)24-10-5-8-22-24)23-18(19-2)21-13-17(25)20-9-11-26-3/h4-8,10,12,14H,9,11,13H2,1-3H3,(H,20,25)(H2,19,21,23). The second kappa shape index (κ2) is 10.2. The van der Waals surface area contributed by atoms with Gasteiger partial charge in [0.05, 0.1) is 24.9 Å². The van der Waals surface area contributed by atoms with Crippen LogP contribution in [0.15, 0.2) is 47.7 Å². The number of benzene rings is 1. The first-order valence-electron chi connectivity index (χ1n) is 8.47. The highest BCUT2D eigenvalue weighted by Gasteiger charge is 2.10. The average Bonchev–Trinajstić information content (AvgIpc) is 3.20. The van der Waals surface area contributed by atoms with Crippen LogP contribution in [-0.2, 0) is 9.53 Å². The van der Waals surface area contributed by atoms with Gasteiger partial charge in [0.2, 0.25) is 5.91 Å². The smallest absolute Gasteiger partial charge is 0.239 e. The molecule has 0 aliphatic rings. The van der Waals surface area contributed by atoms with Crippen LogP contribution < -0.4 is 16.0 Å². The summed E-state index contributed by atoms with van der Waals surface area (Å²) in [6.07, 6.45) is 3.65. The van der Waals surface area contributed by atoms with E-state index in [4.69, 9.17) is 4.74 Å². The lowest BCUT2D eigenvalue weighted by atomic mass is 10.1. The van der Waals surface area contributed by atoms with Gasteiger partial charge in [-0.15, -0.1) is 0 Å². The van der Waals surface area contributed by atoms with E-state index in [1.54, 1.807) is 20.4 Å². The molecule has 1 aromatic carbocycles. The van der Waals surface area contributed by atoms with Crippen molar-refractivity contribution in [2.24, 2.45) is 4.99 Å². The number of hydrogen-bond acceptors (Lipinski definition) is 4. The molecule has 2 rings (SSSR count). The summed E-state index contributed by atoms with van der Waals surface area (Å²) in [7, 11) is 3.27. The van der Waals surface area contributed by atoms with Crippen LogP contribution in [0.4, 0.5) is 0 Å². The number of guanidine groups is 1. The van der Waals surface area contributed by atoms with Gasteiger partial charge >= 0.3 is 0 Å². The van der Waals surface area contributed by atoms with Crippen LogP contribution in [0.2, 0.25) is 0 Å². The molecule has 8 nitrogen and oxygen atoms in total. The number of hydrogen-bond donors (Lipinski definition) is 3. The number of amides is 1. The van der Waals surface area contributed by atoms with Crippen molar-refractivity contribution in [3.05, 3.63) is 48.3 Å². The van der Waals surface area contributed by atoms with Crippen molar-refractivity contribution >= 4 is 11.9 Å². The fourth-order valence-corrected chi connectivity index (χ4v) is 2.36. The minimum Gasteiger partial charge on any atom is -0.383 e. The summed E-state index contributed by atoms with van der Waals surface area (Å²) >= 11 is 0. The molecule has 140 valence electrons. The Morgan fingerprint density at radius 2 is 2.19 bits per heavy atom. The number of methoxy groups -OCH3 is 1. The first-order chi connectivity index (χ1) is 12.6. The van der Waals surface area contributed by atoms with Gasteiger partial charge in [-0.05, 0) is 30.7 Å². The quantitative estimate of drug-likeness (QED) is 0.370. The molecule has 1 atom stereocenters. The van der Waals surface area contributed by atoms with Crippen LogP contribution in [-0.4, -0.2) is 55.5 Å². The van der Waals surface area contributed by atoms with Gasteiger partial charge in [0, 0.05) is 33.1 Å². The number of rotatable bonds is 8. The van der Waals surface area contributed by atoms with E-state index in [2.05, 4.69) is 32.1 Å². The van der Waals surface area contributed by atoms with Crippen LogP contribution in [0.3, 0.4) is 0 Å². The monoisotopic (exact) mass is 358 g/mol. The highest BCUT2D eigenvalue weighted by molar-refractivity contribution is 5.86. The summed E-state index contributed by atoms with van der Waals surface area (Å²) in [5.41, 5.74) is 2.08. The molecule has 0 fully saturated rings. The van der Waals surface area contributed by atoms with E-state index in [-0.39, 0.29) is 18.5 Å². The molecule has 1 amide bonds. The maximum Gasteiger partial charge on any atom is 0.239 e. The van der Waals surface area contributed by atoms with Crippen LogP contribution >= 0.6 is 0 Å². The van der Waals surface area contributed by atoms with Crippen molar-refractivity contribution in [2.75, 3.05) is 33.9 Å². The Kier molecular flexibility index (Phi) is 7.63. The lowest BCUT2D eigenvalue weighted by Gasteiger charge is -2.19. The largest absolute Gasteiger partial charge is 0.383 e. The third-order valence-corrected chi connectivity index (χ3v) is 3.76. The molecule has 1 heterocycles. The number of carbonyl (C=O) groups is 1. The van der Waals surface area contributed by atoms with Crippen LogP contribution in [0, 0.1) is 0 Å². The van der Waals surface area contributed by atoms with E-state index < -0.39 is 0 Å². The predicted octanol–water partition coefficient (Wildman–Crippen LogP) is 0.861. The summed E-state index contributed by atoms with van der Waals surface area (Å²) in [4.78, 5) is 15.9. The summed E-state index contributed by atoms with van der Waals surface area (Å²) < 4.78 is 6.71. The van der Waals surface area contributed by atoms with Gasteiger partial charge < -0.3 is 20.7 Å². The first-order valence-corrected chi connectivity index (χ1v) is 8.47. The highest BCUT2D eigenvalue weighted by atomic mass is 16.5. The number of ether oxygens (including phenoxy) is 1. The van der Waals surface area contributed by atoms with Crippen molar-refractivity contribution in [1.82, 2.24) is 25.7 Å². The fraction of sp³-hybridized carbons (Fsp3) is 0.389. The summed E-state index contributed by atoms with van der Waals surface area (Å²) in [5.74, 6) is 0.446. The molecule has 1 aromatic heterocycles. The number of nitrogens with zero attached hydrogens (tertiary/aromatic N) is 3. The van der Waals surface area contributed by atoms with E-state index in [1.165, 1.54) is 0 Å². The third kappa shape index (κ3) is 5.89. The highest BCUT2D eigenvalue weighted by Crippen LogP contribution is 2.16. The lowest BCUT2D eigenvalue weighted by Crippen LogP contribution is -2.44. The topological polar surface area (TPSA) is 92.6 Å². The Bertz CT molecular complexity index is 714. The van der Waals surface area contributed by atoms with Crippen molar-refractivity contribution in [3.63, 3.8) is 0 Å². The van der Waals surface area contributed by atoms with E-state index in [0.717, 1.165) is 11.3 Å². The van der Waals surface area contributed by atoms with Gasteiger partial charge in [-0.25, -0.2) is 4.68 Å². The molecule has 0 radical (unpaired) electrons. The van der Waals surface area contributed by atoms with Gasteiger partial charge in [-0.1, -0.05) is 12.1 Å². The van der Waals surface area contributed by atoms with Crippen molar-refractivity contribution in [2.45, 2.75) is 13.0 Å². The molecule has 0 spiro atoms. The zero-order valence-corrected chi connectivity index (χ0v) is 15.4. The average molecular weight is 358 g/mol. The van der Waals surface area contributed by atoms with Crippen molar-refractivity contribution < 1.29 is 9.53 Å². The molecular formula is C18H26N6O2. The predicted molar refractivity (Wildman–Crippen MR) is 101 cm³/mol. The number of carbonyl (C=O) groups excluding carboxylic acids is 1. The Labute approximate surface area is 153 Å². The minimum absolute atomic E-state index is 0.00765. The zero-order chi connectivity index (χ0) is 18.8. The summed E-state index contributed by atoms with van der Waals surface area (Å²) in [6, 6.07) is 9.99. The summed E-state index contributed by atoms with van der Waals surface area (Å²) in [6.45, 7) is 3.15. The fourth-order valence-electron chi connectivity index (χ4n) is 2.36. The number of nitrogens with one attached hydrogen (secondary N) is 3. The second-order valence-corrected chi connectivity index (χ2v) is 5.68. The van der Waals surface area contributed by atoms with Crippen LogP contribution in [0.5, 0.6) is 0 Å². The zero-order valence-electron chi connectivity index (χ0n) is 15.4. The van der Waals surface area contributed by atoms with Gasteiger partial charge in [0.15, 0.2) is 5.96 Å². The summed E-state index contributed by atoms with van der Waals surface area (Å²) in [5, 5.41) is 13.3. The number of aromatic nitrogens is 2. The molecule has 0 aliphatic heterocycles. The Balaban J connectivity index is 1.90. The molecule has 3 N–H and O–H groups in total. The molecular weight excluding hydrogens is 332 g/mol. The first kappa shape index (κ1) is 19.5. The van der Waals surface area contributed by atoms with E-state index in [0.29, 0.717) is 19.1 Å². The molecule has 26 heavy (non-hydrogen) atoms. The lowest BCUT2D eigenvalue weighted by molar-refractivity contribution is -0.120. The maximum atomic E-state index is 11.7. The number of aliphatic imine (C=N–C) groups is 1. The van der Waals surface area contributed by atoms with Crippen LogP contribution in [0.25, 0.3) is 5.69 Å². The Hall–Kier alpha value is -2.87. The van der Waals surface area contributed by atoms with E-state index in [9.17, 15) is 4.79 Å². The molecule has 1 unspecified atom stereocenters. The van der Waals surface area contributed by atoms with Gasteiger partial charge in [-0.2, -0.15) is 5.10 Å². The molecule has 2 aromatic rings. The van der Waals surface area contributed by atoms with E-state index in [1.807, 2.05) is 42.1 Å². The molecule has 0 bridgehead atoms. The molecule has 0 saturated heterocycles. The van der Waals surface area contributed by atoms with Crippen molar-refractivity contribution in [3.8, 4) is 5.69 Å². The molecule has 8 heteroatoms. The van der Waals surface area contributed by atoms with E-state index >= 15 is 0 Å². The second-order valence-electron chi connectivity index (χ2n) is 5.68. The van der Waals surface area contributed by atoms with Crippen LogP contribution in [0.1, 0.15) is 18.5 Å².